The van der Waals surface area contributed by atoms with E-state index in [1.807, 2.05) is 15.5 Å². The second-order valence-electron chi connectivity index (χ2n) is 23.2. The average molecular weight is 828 g/mol. The van der Waals surface area contributed by atoms with Crippen LogP contribution < -0.4 is 8.79 Å². The Hall–Kier alpha value is 0.284. The van der Waals surface area contributed by atoms with Crippen molar-refractivity contribution in [2.24, 2.45) is 0 Å². The third kappa shape index (κ3) is 11.2. The van der Waals surface area contributed by atoms with Gasteiger partial charge in [0, 0.05) is 0 Å². The SMILES string of the molecule is CC(C)c1cc(C(C)C)[c]([Ge][c]2c(C([Si](C)(C)C)[Si](C)(C)C)cc(C([Si](C)(C)C)[Si](C)(C)C)cc2C([Si](C)(C)C)[Si](C)(C)C)c(C(C)C)c1. The van der Waals surface area contributed by atoms with E-state index >= 15 is 0 Å². The molecule has 2 aromatic carbocycles. The Morgan fingerprint density at radius 2 is 0.571 bits per heavy atom. The second kappa shape index (κ2) is 15.6. The molecule has 0 spiro atoms. The van der Waals surface area contributed by atoms with Crippen molar-refractivity contribution in [3.63, 3.8) is 0 Å². The molecule has 0 atom stereocenters. The van der Waals surface area contributed by atoms with Gasteiger partial charge in [0.15, 0.2) is 0 Å². The number of rotatable bonds is 14. The van der Waals surface area contributed by atoms with E-state index in [1.165, 1.54) is 5.56 Å². The summed E-state index contributed by atoms with van der Waals surface area (Å²) in [5.74, 6) is 1.64. The van der Waals surface area contributed by atoms with Gasteiger partial charge >= 0.3 is 323 Å². The molecule has 49 heavy (non-hydrogen) atoms. The van der Waals surface area contributed by atoms with Gasteiger partial charge in [-0.15, -0.1) is 0 Å². The number of hydrogen-bond acceptors (Lipinski definition) is 0. The van der Waals surface area contributed by atoms with E-state index < -0.39 is 63.9 Å². The topological polar surface area (TPSA) is 0 Å². The summed E-state index contributed by atoms with van der Waals surface area (Å²) in [5.41, 5.74) is 10.4. The molecule has 0 saturated carbocycles. The monoisotopic (exact) mass is 828 g/mol. The van der Waals surface area contributed by atoms with Crippen LogP contribution in [0.2, 0.25) is 118 Å². The molecular formula is C42H82GeSi6. The van der Waals surface area contributed by atoms with Gasteiger partial charge in [0.2, 0.25) is 0 Å². The van der Waals surface area contributed by atoms with Crippen molar-refractivity contribution < 1.29 is 0 Å². The van der Waals surface area contributed by atoms with Crippen molar-refractivity contribution in [2.75, 3.05) is 0 Å². The van der Waals surface area contributed by atoms with Crippen LogP contribution in [0.15, 0.2) is 24.3 Å². The van der Waals surface area contributed by atoms with Crippen molar-refractivity contribution in [3.8, 4) is 0 Å². The molecule has 7 heteroatoms. The van der Waals surface area contributed by atoms with Gasteiger partial charge in [-0.2, -0.15) is 0 Å². The van der Waals surface area contributed by atoms with E-state index in [2.05, 4.69) is 184 Å². The normalized spacial score (nSPS) is 14.5. The molecule has 0 aliphatic heterocycles. The van der Waals surface area contributed by atoms with Gasteiger partial charge < -0.3 is 0 Å². The van der Waals surface area contributed by atoms with E-state index in [4.69, 9.17) is 0 Å². The molecule has 0 aromatic heterocycles. The van der Waals surface area contributed by atoms with E-state index in [0.29, 0.717) is 17.8 Å². The summed E-state index contributed by atoms with van der Waals surface area (Å²) in [6.07, 6.45) is 0. The Kier molecular flexibility index (Phi) is 14.4. The van der Waals surface area contributed by atoms with Crippen molar-refractivity contribution in [1.82, 2.24) is 0 Å². The molecule has 0 N–H and O–H groups in total. The summed E-state index contributed by atoms with van der Waals surface area (Å²) in [6, 6.07) is 11.2. The quantitative estimate of drug-likeness (QED) is 0.166. The van der Waals surface area contributed by atoms with Gasteiger partial charge in [-0.05, 0) is 0 Å². The van der Waals surface area contributed by atoms with E-state index in [-0.39, 0.29) is 0 Å². The Bertz CT molecular complexity index is 1310. The molecular weight excluding hydrogens is 746 g/mol. The third-order valence-corrected chi connectivity index (χ3v) is 42.1. The van der Waals surface area contributed by atoms with Crippen molar-refractivity contribution in [1.29, 1.82) is 0 Å². The molecule has 0 fully saturated rings. The molecule has 0 bridgehead atoms. The minimum absolute atomic E-state index is 0.541. The molecule has 0 unspecified atom stereocenters. The molecule has 2 aromatic rings. The third-order valence-electron chi connectivity index (χ3n) is 10.8. The molecule has 0 heterocycles. The minimum atomic E-state index is -1.58. The van der Waals surface area contributed by atoms with Gasteiger partial charge in [-0.3, -0.25) is 0 Å². The summed E-state index contributed by atoms with van der Waals surface area (Å²) in [4.78, 5) is 0. The van der Waals surface area contributed by atoms with Crippen LogP contribution >= 0.6 is 0 Å². The fourth-order valence-electron chi connectivity index (χ4n) is 10.5. The number of benzene rings is 2. The standard InChI is InChI=1S/C42H82GeSi6/c1-29(2)32-25-34(30(3)4)38(35(26-32)31(5)6)43-39-36(41(46(13,14)15)47(16,17)18)27-33(40(44(7,8)9)45(10,11)12)28-37(39)42(48(19,20)21)49(22,23)24/h25-31,40-42H,1-24H3. The summed E-state index contributed by atoms with van der Waals surface area (Å²) >= 11 is -0.601. The average Bonchev–Trinajstić information content (AvgIpc) is 2.79. The van der Waals surface area contributed by atoms with E-state index in [1.54, 1.807) is 21.1 Å². The molecule has 278 valence electrons. The molecule has 0 saturated heterocycles. The van der Waals surface area contributed by atoms with Crippen molar-refractivity contribution in [2.45, 2.75) is 193 Å². The summed E-state index contributed by atoms with van der Waals surface area (Å²) in [7, 11) is -9.31. The van der Waals surface area contributed by atoms with Crippen LogP contribution in [0, 0.1) is 0 Å². The zero-order valence-corrected chi connectivity index (χ0v) is 45.4. The van der Waals surface area contributed by atoms with Gasteiger partial charge in [0.25, 0.3) is 0 Å². The maximum atomic E-state index is 2.93. The molecule has 2 rings (SSSR count). The molecule has 0 amide bonds. The Morgan fingerprint density at radius 1 is 0.327 bits per heavy atom. The van der Waals surface area contributed by atoms with E-state index in [0.717, 1.165) is 15.5 Å². The van der Waals surface area contributed by atoms with Crippen LogP contribution in [0.4, 0.5) is 0 Å². The molecule has 0 nitrogen and oxygen atoms in total. The number of hydrogen-bond donors (Lipinski definition) is 0. The van der Waals surface area contributed by atoms with Crippen LogP contribution in [0.25, 0.3) is 0 Å². The van der Waals surface area contributed by atoms with Gasteiger partial charge in [-0.25, -0.2) is 0 Å². The molecule has 0 aliphatic carbocycles. The van der Waals surface area contributed by atoms with Crippen molar-refractivity contribution >= 4 is 72.7 Å². The second-order valence-corrected chi connectivity index (χ2v) is 59.4. The first-order valence-electron chi connectivity index (χ1n) is 19.7. The summed E-state index contributed by atoms with van der Waals surface area (Å²) < 4.78 is 3.69. The Labute approximate surface area is 320 Å². The fraction of sp³-hybridized carbons (Fsp3) is 0.714. The molecule has 0 aliphatic rings. The van der Waals surface area contributed by atoms with Crippen LogP contribution in [-0.4, -0.2) is 63.9 Å². The zero-order valence-electron chi connectivity index (χ0n) is 37.3. The maximum absolute atomic E-state index is 2.93. The predicted molar refractivity (Wildman–Crippen MR) is 248 cm³/mol. The summed E-state index contributed by atoms with van der Waals surface area (Å²) in [6.45, 7) is 63.3. The van der Waals surface area contributed by atoms with Crippen molar-refractivity contribution in [3.05, 3.63) is 57.6 Å². The van der Waals surface area contributed by atoms with Crippen LogP contribution in [-0.2, 0) is 0 Å². The predicted octanol–water partition coefficient (Wildman–Crippen LogP) is 13.2. The first-order chi connectivity index (χ1) is 21.6. The van der Waals surface area contributed by atoms with Crippen LogP contribution in [0.5, 0.6) is 0 Å². The van der Waals surface area contributed by atoms with E-state index in [9.17, 15) is 0 Å². The summed E-state index contributed by atoms with van der Waals surface area (Å²) in [5, 5.41) is 2.28. The first kappa shape index (κ1) is 45.4. The fourth-order valence-corrected chi connectivity index (χ4v) is 54.0. The van der Waals surface area contributed by atoms with Gasteiger partial charge in [-0.1, -0.05) is 0 Å². The van der Waals surface area contributed by atoms with Gasteiger partial charge in [0.05, 0.1) is 0 Å². The van der Waals surface area contributed by atoms with Crippen LogP contribution in [0.3, 0.4) is 0 Å². The first-order valence-corrected chi connectivity index (χ1v) is 43.3. The Balaban J connectivity index is 3.48. The zero-order chi connectivity index (χ0) is 38.6. The van der Waals surface area contributed by atoms with Crippen LogP contribution in [0.1, 0.15) is 108 Å². The van der Waals surface area contributed by atoms with Gasteiger partial charge in [0.1, 0.15) is 0 Å². The molecule has 2 radical (unpaired) electrons. The Morgan fingerprint density at radius 3 is 0.796 bits per heavy atom.